The molecule has 2 aliphatic carbocycles. The zero-order valence-electron chi connectivity index (χ0n) is 21.1. The van der Waals surface area contributed by atoms with Crippen molar-refractivity contribution in [3.8, 4) is 5.75 Å². The summed E-state index contributed by atoms with van der Waals surface area (Å²) < 4.78 is 10.7. The van der Waals surface area contributed by atoms with Crippen molar-refractivity contribution in [1.29, 1.82) is 0 Å². The van der Waals surface area contributed by atoms with Gasteiger partial charge in [-0.25, -0.2) is 0 Å². The van der Waals surface area contributed by atoms with Gasteiger partial charge in [-0.05, 0) is 48.8 Å². The molecule has 0 radical (unpaired) electrons. The summed E-state index contributed by atoms with van der Waals surface area (Å²) in [5, 5.41) is 1.00. The van der Waals surface area contributed by atoms with Gasteiger partial charge < -0.3 is 19.4 Å². The number of nitrogens with zero attached hydrogens (tertiary/aromatic N) is 2. The summed E-state index contributed by atoms with van der Waals surface area (Å²) in [6.45, 7) is 3.57. The van der Waals surface area contributed by atoms with E-state index >= 15 is 0 Å². The molecule has 38 heavy (non-hydrogen) atoms. The maximum absolute atomic E-state index is 13.9. The second-order valence-electron chi connectivity index (χ2n) is 10.9. The van der Waals surface area contributed by atoms with Gasteiger partial charge in [-0.15, -0.1) is 11.8 Å². The number of thioether (sulfide) groups is 1. The Labute approximate surface area is 227 Å². The molecule has 1 aromatic heterocycles. The Morgan fingerprint density at radius 2 is 1.76 bits per heavy atom. The van der Waals surface area contributed by atoms with Crippen LogP contribution in [0.2, 0.25) is 0 Å². The second-order valence-corrected chi connectivity index (χ2v) is 13.1. The third-order valence-electron chi connectivity index (χ3n) is 9.30. The van der Waals surface area contributed by atoms with E-state index in [1.807, 2.05) is 24.3 Å². The molecule has 1 aromatic carbocycles. The first kappa shape index (κ1) is 24.4. The standard InChI is InChI=1S/C27H29N3O6S2/c1-12(24(31)29-7-9-36-10-8-29)30-25(32)19-15-11-16(20(19)26(30)33)21-18(15)17(13-3-5-14(35-2)6-4-13)22-23(37-21)28-27(34)38-22/h3-6,12,15-21H,7-11H2,1-2H3,(H,28,34). The Balaban J connectivity index is 1.23. The number of nitrogens with one attached hydrogen (secondary N) is 1. The fraction of sp³-hybridized carbons (Fsp3) is 0.556. The average molecular weight is 556 g/mol. The van der Waals surface area contributed by atoms with E-state index in [1.54, 1.807) is 30.7 Å². The summed E-state index contributed by atoms with van der Waals surface area (Å²) in [4.78, 5) is 60.3. The number of aromatic nitrogens is 1. The minimum absolute atomic E-state index is 0.0205. The number of hydrogen-bond donors (Lipinski definition) is 1. The molecule has 4 heterocycles. The molecule has 2 saturated carbocycles. The molecule has 11 heteroatoms. The number of rotatable bonds is 4. The van der Waals surface area contributed by atoms with Crippen molar-refractivity contribution in [3.63, 3.8) is 0 Å². The fourth-order valence-electron chi connectivity index (χ4n) is 7.76. The number of carbonyl (C=O) groups excluding carboxylic acids is 3. The van der Waals surface area contributed by atoms with Crippen LogP contribution in [0.1, 0.15) is 29.7 Å². The lowest BCUT2D eigenvalue weighted by Gasteiger charge is -2.43. The summed E-state index contributed by atoms with van der Waals surface area (Å²) in [7, 11) is 1.63. The Kier molecular flexibility index (Phi) is 5.75. The zero-order valence-corrected chi connectivity index (χ0v) is 22.8. The smallest absolute Gasteiger partial charge is 0.305 e. The number of benzene rings is 1. The SMILES string of the molecule is COc1ccc(C2c3sc(=O)[nH]c3SC3C4CC(C5C(=O)N(C(C)C(=O)N6CCOCC6)C(=O)C45)C23)cc1. The van der Waals surface area contributed by atoms with Crippen molar-refractivity contribution in [3.05, 3.63) is 44.4 Å². The maximum Gasteiger partial charge on any atom is 0.305 e. The molecule has 2 bridgehead atoms. The van der Waals surface area contributed by atoms with Crippen molar-refractivity contribution in [2.45, 2.75) is 35.6 Å². The quantitative estimate of drug-likeness (QED) is 0.576. The highest BCUT2D eigenvalue weighted by Gasteiger charge is 2.70. The van der Waals surface area contributed by atoms with E-state index in [-0.39, 0.29) is 51.5 Å². The molecule has 4 fully saturated rings. The molecule has 0 spiro atoms. The van der Waals surface area contributed by atoms with Crippen molar-refractivity contribution in [2.75, 3.05) is 33.4 Å². The topological polar surface area (TPSA) is 109 Å². The summed E-state index contributed by atoms with van der Waals surface area (Å²) in [6.07, 6.45) is 0.820. The van der Waals surface area contributed by atoms with Crippen LogP contribution in [0.5, 0.6) is 5.75 Å². The number of aromatic amines is 1. The largest absolute Gasteiger partial charge is 0.497 e. The Morgan fingerprint density at radius 1 is 1.08 bits per heavy atom. The first-order valence-electron chi connectivity index (χ1n) is 13.2. The van der Waals surface area contributed by atoms with Gasteiger partial charge in [0.05, 0.1) is 37.2 Å². The number of carbonyl (C=O) groups is 3. The van der Waals surface area contributed by atoms with Crippen LogP contribution < -0.4 is 9.61 Å². The molecule has 2 saturated heterocycles. The molecule has 3 amide bonds. The molecule has 8 atom stereocenters. The number of methoxy groups -OCH3 is 1. The van der Waals surface area contributed by atoms with Crippen LogP contribution in [0.25, 0.3) is 0 Å². The molecule has 3 aliphatic heterocycles. The fourth-order valence-corrected chi connectivity index (χ4v) is 10.7. The minimum atomic E-state index is -0.817. The Hall–Kier alpha value is -2.63. The molecular weight excluding hydrogens is 526 g/mol. The molecular formula is C27H29N3O6S2. The Morgan fingerprint density at radius 3 is 2.45 bits per heavy atom. The average Bonchev–Trinajstić information content (AvgIpc) is 3.67. The minimum Gasteiger partial charge on any atom is -0.497 e. The van der Waals surface area contributed by atoms with Gasteiger partial charge >= 0.3 is 4.87 Å². The van der Waals surface area contributed by atoms with E-state index in [2.05, 4.69) is 4.98 Å². The van der Waals surface area contributed by atoms with Gasteiger partial charge in [0.1, 0.15) is 11.8 Å². The third kappa shape index (κ3) is 3.40. The van der Waals surface area contributed by atoms with Gasteiger partial charge in [0.2, 0.25) is 17.7 Å². The van der Waals surface area contributed by atoms with Gasteiger partial charge in [-0.1, -0.05) is 23.5 Å². The van der Waals surface area contributed by atoms with Crippen LogP contribution in [0, 0.1) is 29.6 Å². The molecule has 8 unspecified atom stereocenters. The van der Waals surface area contributed by atoms with Crippen LogP contribution in [0.15, 0.2) is 34.1 Å². The third-order valence-corrected chi connectivity index (χ3v) is 11.9. The van der Waals surface area contributed by atoms with Gasteiger partial charge in [0, 0.05) is 29.1 Å². The number of imide groups is 1. The number of amides is 3. The van der Waals surface area contributed by atoms with E-state index < -0.39 is 17.9 Å². The molecule has 1 N–H and O–H groups in total. The molecule has 5 aliphatic rings. The highest BCUT2D eigenvalue weighted by atomic mass is 32.2. The van der Waals surface area contributed by atoms with E-state index in [0.717, 1.165) is 27.6 Å². The monoisotopic (exact) mass is 555 g/mol. The highest BCUT2D eigenvalue weighted by molar-refractivity contribution is 8.00. The van der Waals surface area contributed by atoms with Crippen molar-refractivity contribution < 1.29 is 23.9 Å². The lowest BCUT2D eigenvalue weighted by atomic mass is 9.68. The number of thiazole rings is 1. The number of hydrogen-bond acceptors (Lipinski definition) is 8. The van der Waals surface area contributed by atoms with Gasteiger partial charge in [-0.2, -0.15) is 0 Å². The molecule has 200 valence electrons. The van der Waals surface area contributed by atoms with Gasteiger partial charge in [0.25, 0.3) is 0 Å². The molecule has 7 rings (SSSR count). The first-order valence-corrected chi connectivity index (χ1v) is 14.9. The maximum atomic E-state index is 13.9. The van der Waals surface area contributed by atoms with Crippen LogP contribution >= 0.6 is 23.1 Å². The normalized spacial score (nSPS) is 34.2. The van der Waals surface area contributed by atoms with Crippen molar-refractivity contribution in [1.82, 2.24) is 14.8 Å². The number of morpholine rings is 1. The van der Waals surface area contributed by atoms with Crippen molar-refractivity contribution >= 4 is 40.8 Å². The van der Waals surface area contributed by atoms with Crippen LogP contribution in [-0.2, 0) is 19.1 Å². The predicted molar refractivity (Wildman–Crippen MR) is 140 cm³/mol. The number of fused-ring (bicyclic) bond motifs is 9. The predicted octanol–water partition coefficient (Wildman–Crippen LogP) is 2.17. The summed E-state index contributed by atoms with van der Waals surface area (Å²) in [6, 6.07) is 7.14. The summed E-state index contributed by atoms with van der Waals surface area (Å²) in [5.74, 6) is -0.500. The number of ether oxygens (including phenoxy) is 2. The van der Waals surface area contributed by atoms with E-state index in [1.165, 1.54) is 16.2 Å². The summed E-state index contributed by atoms with van der Waals surface area (Å²) >= 11 is 2.91. The summed E-state index contributed by atoms with van der Waals surface area (Å²) in [5.41, 5.74) is 1.09. The van der Waals surface area contributed by atoms with E-state index in [0.29, 0.717) is 26.3 Å². The lowest BCUT2D eigenvalue weighted by Crippen LogP contribution is -2.52. The lowest BCUT2D eigenvalue weighted by molar-refractivity contribution is -0.153. The Bertz CT molecular complexity index is 1370. The zero-order chi connectivity index (χ0) is 26.3. The van der Waals surface area contributed by atoms with Gasteiger partial charge in [-0.3, -0.25) is 24.1 Å². The van der Waals surface area contributed by atoms with Crippen LogP contribution in [0.4, 0.5) is 0 Å². The molecule has 2 aromatic rings. The van der Waals surface area contributed by atoms with E-state index in [9.17, 15) is 19.2 Å². The number of H-pyrrole nitrogens is 1. The molecule has 9 nitrogen and oxygen atoms in total. The van der Waals surface area contributed by atoms with Crippen LogP contribution in [-0.4, -0.2) is 77.2 Å². The van der Waals surface area contributed by atoms with E-state index in [4.69, 9.17) is 9.47 Å². The number of likely N-dealkylation sites (tertiary alicyclic amines) is 1. The highest BCUT2D eigenvalue weighted by Crippen LogP contribution is 2.68. The van der Waals surface area contributed by atoms with Crippen molar-refractivity contribution in [2.24, 2.45) is 29.6 Å². The second kappa shape index (κ2) is 8.96. The van der Waals surface area contributed by atoms with Crippen LogP contribution in [0.3, 0.4) is 0 Å². The van der Waals surface area contributed by atoms with Gasteiger partial charge in [0.15, 0.2) is 0 Å². The first-order chi connectivity index (χ1) is 18.4.